The molecule has 2 amide bonds. The number of amides is 2. The average Bonchev–Trinajstić information content (AvgIpc) is 3.35. The molecule has 0 bridgehead atoms. The summed E-state index contributed by atoms with van der Waals surface area (Å²) in [4.78, 5) is 43.2. The number of hydrogen-bond donors (Lipinski definition) is 0. The number of rotatable bonds is 3. The first kappa shape index (κ1) is 18.5. The maximum absolute atomic E-state index is 13.4. The van der Waals surface area contributed by atoms with E-state index >= 15 is 0 Å². The molecule has 0 saturated carbocycles. The quantitative estimate of drug-likeness (QED) is 0.573. The van der Waals surface area contributed by atoms with Crippen molar-refractivity contribution < 1.29 is 18.8 Å². The fraction of sp³-hybridized carbons (Fsp3) is 0.318. The summed E-state index contributed by atoms with van der Waals surface area (Å²) in [6.07, 6.45) is 1.64. The van der Waals surface area contributed by atoms with Crippen LogP contribution < -0.4 is 4.90 Å². The minimum absolute atomic E-state index is 0.140. The van der Waals surface area contributed by atoms with Gasteiger partial charge in [-0.2, -0.15) is 0 Å². The molecule has 2 aromatic rings. The third-order valence-electron chi connectivity index (χ3n) is 6.34. The van der Waals surface area contributed by atoms with Crippen LogP contribution in [-0.4, -0.2) is 41.1 Å². The highest BCUT2D eigenvalue weighted by atomic mass is 35.5. The molecule has 0 N–H and O–H groups in total. The lowest BCUT2D eigenvalue weighted by molar-refractivity contribution is -0.123. The van der Waals surface area contributed by atoms with Gasteiger partial charge in [0, 0.05) is 11.6 Å². The molecule has 3 aliphatic heterocycles. The molecule has 3 saturated heterocycles. The summed E-state index contributed by atoms with van der Waals surface area (Å²) in [5, 5.41) is 0.318. The van der Waals surface area contributed by atoms with Crippen LogP contribution in [0.25, 0.3) is 0 Å². The summed E-state index contributed by atoms with van der Waals surface area (Å²) < 4.78 is 13.3. The van der Waals surface area contributed by atoms with Crippen molar-refractivity contribution in [1.29, 1.82) is 0 Å². The minimum Gasteiger partial charge on any atom is -0.292 e. The Kier molecular flexibility index (Phi) is 4.29. The number of ketones is 1. The largest absolute Gasteiger partial charge is 0.292 e. The third-order valence-corrected chi connectivity index (χ3v) is 6.66. The number of hydrogen-bond acceptors (Lipinski definition) is 4. The number of anilines is 1. The molecular weight excluding hydrogens is 395 g/mol. The van der Waals surface area contributed by atoms with Crippen LogP contribution in [0.4, 0.5) is 10.1 Å². The molecule has 0 spiro atoms. The predicted molar refractivity (Wildman–Crippen MR) is 105 cm³/mol. The van der Waals surface area contributed by atoms with Crippen molar-refractivity contribution >= 4 is 34.9 Å². The van der Waals surface area contributed by atoms with Gasteiger partial charge in [-0.25, -0.2) is 9.29 Å². The van der Waals surface area contributed by atoms with Crippen molar-refractivity contribution in [3.05, 3.63) is 64.9 Å². The summed E-state index contributed by atoms with van der Waals surface area (Å²) in [6.45, 7) is 0.669. The Morgan fingerprint density at radius 3 is 2.41 bits per heavy atom. The van der Waals surface area contributed by atoms with Crippen molar-refractivity contribution in [2.24, 2.45) is 11.8 Å². The normalized spacial score (nSPS) is 28.7. The van der Waals surface area contributed by atoms with Gasteiger partial charge in [0.15, 0.2) is 5.78 Å². The second-order valence-electron chi connectivity index (χ2n) is 7.78. The Hall–Kier alpha value is -2.57. The first-order valence-electron chi connectivity index (χ1n) is 9.67. The second kappa shape index (κ2) is 6.75. The zero-order chi connectivity index (χ0) is 20.3. The van der Waals surface area contributed by atoms with E-state index in [1.54, 1.807) is 24.3 Å². The van der Waals surface area contributed by atoms with Crippen LogP contribution in [0.3, 0.4) is 0 Å². The maximum atomic E-state index is 13.4. The fourth-order valence-corrected chi connectivity index (χ4v) is 5.39. The Balaban J connectivity index is 1.56. The van der Waals surface area contributed by atoms with Gasteiger partial charge in [0.1, 0.15) is 5.82 Å². The van der Waals surface area contributed by atoms with E-state index in [0.29, 0.717) is 22.8 Å². The average molecular weight is 413 g/mol. The van der Waals surface area contributed by atoms with Crippen LogP contribution in [0.5, 0.6) is 0 Å². The highest BCUT2D eigenvalue weighted by Gasteiger charge is 2.64. The fourth-order valence-electron chi connectivity index (χ4n) is 5.17. The summed E-state index contributed by atoms with van der Waals surface area (Å²) in [5.74, 6) is -2.66. The van der Waals surface area contributed by atoms with Gasteiger partial charge in [-0.3, -0.25) is 19.3 Å². The summed E-state index contributed by atoms with van der Waals surface area (Å²) in [7, 11) is 0. The molecule has 0 unspecified atom stereocenters. The number of carbonyl (C=O) groups is 3. The van der Waals surface area contributed by atoms with E-state index in [2.05, 4.69) is 0 Å². The van der Waals surface area contributed by atoms with Gasteiger partial charge >= 0.3 is 0 Å². The Bertz CT molecular complexity index is 1020. The minimum atomic E-state index is -0.748. The number of halogens is 2. The van der Waals surface area contributed by atoms with Crippen molar-refractivity contribution in [3.63, 3.8) is 0 Å². The van der Waals surface area contributed by atoms with Gasteiger partial charge in [-0.1, -0.05) is 23.7 Å². The highest BCUT2D eigenvalue weighted by Crippen LogP contribution is 2.49. The van der Waals surface area contributed by atoms with Gasteiger partial charge in [-0.05, 0) is 55.8 Å². The molecule has 29 heavy (non-hydrogen) atoms. The van der Waals surface area contributed by atoms with Crippen LogP contribution >= 0.6 is 11.6 Å². The van der Waals surface area contributed by atoms with E-state index in [4.69, 9.17) is 11.6 Å². The summed E-state index contributed by atoms with van der Waals surface area (Å²) in [5.41, 5.74) is 0.704. The number of benzene rings is 2. The standard InChI is InChI=1S/C22H18ClFN2O3/c23-14-4-1-2-5-15(14)26-21(28)17-16-6-3-11-25(16)19(18(17)22(26)29)20(27)12-7-9-13(24)10-8-12/h1-2,4-5,7-10,16-19H,3,6,11H2/t16-,17-,18+,19-/m0/s1. The monoisotopic (exact) mass is 412 g/mol. The Labute approximate surface area is 172 Å². The third kappa shape index (κ3) is 2.66. The van der Waals surface area contributed by atoms with Crippen molar-refractivity contribution in [2.45, 2.75) is 24.9 Å². The van der Waals surface area contributed by atoms with Gasteiger partial charge in [0.2, 0.25) is 11.8 Å². The molecular formula is C22H18ClFN2O3. The first-order valence-corrected chi connectivity index (χ1v) is 10.0. The van der Waals surface area contributed by atoms with E-state index in [1.165, 1.54) is 24.3 Å². The van der Waals surface area contributed by atoms with Gasteiger partial charge in [0.25, 0.3) is 0 Å². The molecule has 3 fully saturated rings. The number of imide groups is 1. The number of Topliss-reactive ketones (excluding diaryl/α,β-unsaturated/α-hetero) is 1. The number of fused-ring (bicyclic) bond motifs is 3. The molecule has 0 aromatic heterocycles. The molecule has 5 rings (SSSR count). The molecule has 2 aromatic carbocycles. The van der Waals surface area contributed by atoms with Crippen molar-refractivity contribution in [2.75, 3.05) is 11.4 Å². The molecule has 7 heteroatoms. The van der Waals surface area contributed by atoms with Crippen LogP contribution in [0.1, 0.15) is 23.2 Å². The van der Waals surface area contributed by atoms with Crippen LogP contribution in [-0.2, 0) is 9.59 Å². The van der Waals surface area contributed by atoms with E-state index in [-0.39, 0.29) is 23.6 Å². The first-order chi connectivity index (χ1) is 14.0. The lowest BCUT2D eigenvalue weighted by atomic mass is 9.85. The zero-order valence-corrected chi connectivity index (χ0v) is 16.2. The topological polar surface area (TPSA) is 57.7 Å². The van der Waals surface area contributed by atoms with Crippen molar-refractivity contribution in [1.82, 2.24) is 4.90 Å². The van der Waals surface area contributed by atoms with Crippen LogP contribution in [0, 0.1) is 17.7 Å². The highest BCUT2D eigenvalue weighted by molar-refractivity contribution is 6.36. The summed E-state index contributed by atoms with van der Waals surface area (Å²) >= 11 is 6.25. The summed E-state index contributed by atoms with van der Waals surface area (Å²) in [6, 6.07) is 11.2. The Morgan fingerprint density at radius 1 is 1.00 bits per heavy atom. The van der Waals surface area contributed by atoms with E-state index in [0.717, 1.165) is 17.7 Å². The van der Waals surface area contributed by atoms with Crippen LogP contribution in [0.2, 0.25) is 5.02 Å². The van der Waals surface area contributed by atoms with Gasteiger partial charge in [0.05, 0.1) is 28.6 Å². The predicted octanol–water partition coefficient (Wildman–Crippen LogP) is 3.31. The number of carbonyl (C=O) groups excluding carboxylic acids is 3. The molecule has 0 radical (unpaired) electrons. The second-order valence-corrected chi connectivity index (χ2v) is 8.19. The molecule has 5 nitrogen and oxygen atoms in total. The van der Waals surface area contributed by atoms with E-state index in [1.807, 2.05) is 4.90 Å². The number of para-hydroxylation sites is 1. The lowest BCUT2D eigenvalue weighted by Gasteiger charge is -2.27. The Morgan fingerprint density at radius 2 is 1.69 bits per heavy atom. The molecule has 148 valence electrons. The van der Waals surface area contributed by atoms with E-state index < -0.39 is 23.7 Å². The molecule has 3 heterocycles. The lowest BCUT2D eigenvalue weighted by Crippen LogP contribution is -2.46. The molecule has 0 aliphatic carbocycles. The van der Waals surface area contributed by atoms with E-state index in [9.17, 15) is 18.8 Å². The van der Waals surface area contributed by atoms with Crippen molar-refractivity contribution in [3.8, 4) is 0 Å². The maximum Gasteiger partial charge on any atom is 0.239 e. The number of nitrogens with zero attached hydrogens (tertiary/aromatic N) is 2. The molecule has 4 atom stereocenters. The SMILES string of the molecule is O=C(c1ccc(F)cc1)[C@@H]1[C@@H]2C(=O)N(c3ccccc3Cl)C(=O)[C@H]2[C@@H]2CCCN12. The van der Waals surface area contributed by atoms with Crippen LogP contribution in [0.15, 0.2) is 48.5 Å². The zero-order valence-electron chi connectivity index (χ0n) is 15.4. The van der Waals surface area contributed by atoms with Gasteiger partial charge in [-0.15, -0.1) is 0 Å². The molecule has 3 aliphatic rings. The smallest absolute Gasteiger partial charge is 0.239 e. The van der Waals surface area contributed by atoms with Gasteiger partial charge < -0.3 is 0 Å².